The molecule has 0 saturated carbocycles. The molecule has 0 spiro atoms. The van der Waals surface area contributed by atoms with E-state index in [1.54, 1.807) is 23.9 Å². The van der Waals surface area contributed by atoms with E-state index in [9.17, 15) is 14.7 Å². The van der Waals surface area contributed by atoms with Crippen molar-refractivity contribution in [1.29, 1.82) is 0 Å². The van der Waals surface area contributed by atoms with E-state index in [2.05, 4.69) is 22.8 Å². The number of ether oxygens (including phenoxy) is 2. The van der Waals surface area contributed by atoms with Gasteiger partial charge in [-0.2, -0.15) is 0 Å². The fourth-order valence-electron chi connectivity index (χ4n) is 5.42. The van der Waals surface area contributed by atoms with Crippen LogP contribution in [0.15, 0.2) is 108 Å². The smallest absolute Gasteiger partial charge is 0.224 e. The van der Waals surface area contributed by atoms with E-state index >= 15 is 0 Å². The number of thioether (sulfide) groups is 1. The first-order chi connectivity index (χ1) is 23.0. The van der Waals surface area contributed by atoms with Gasteiger partial charge in [0.05, 0.1) is 30.2 Å². The minimum absolute atomic E-state index is 0.00295. The van der Waals surface area contributed by atoms with Gasteiger partial charge in [-0.1, -0.05) is 79.6 Å². The summed E-state index contributed by atoms with van der Waals surface area (Å²) in [7, 11) is 0. The number of nitrogens with two attached hydrogens (primary N) is 1. The molecule has 1 saturated heterocycles. The normalized spacial score (nSPS) is 17.6. The van der Waals surface area contributed by atoms with E-state index in [0.717, 1.165) is 60.2 Å². The van der Waals surface area contributed by atoms with Gasteiger partial charge >= 0.3 is 0 Å². The number of carbonyl (C=O) groups excluding carboxylic acids is 2. The highest BCUT2D eigenvalue weighted by Gasteiger charge is 2.32. The molecule has 0 radical (unpaired) electrons. The molecule has 5 rings (SSSR count). The lowest BCUT2D eigenvalue weighted by Crippen LogP contribution is -2.31. The molecule has 4 aromatic carbocycles. The van der Waals surface area contributed by atoms with Crippen LogP contribution in [-0.4, -0.2) is 28.8 Å². The number of hydrogen-bond donors (Lipinski definition) is 4. The summed E-state index contributed by atoms with van der Waals surface area (Å²) in [4.78, 5) is 26.0. The van der Waals surface area contributed by atoms with Crippen molar-refractivity contribution in [3.63, 3.8) is 0 Å². The molecule has 5 N–H and O–H groups in total. The van der Waals surface area contributed by atoms with E-state index in [1.165, 1.54) is 4.90 Å². The van der Waals surface area contributed by atoms with Crippen LogP contribution in [0.2, 0.25) is 0 Å². The average Bonchev–Trinajstić information content (AvgIpc) is 3.10. The Bertz CT molecular complexity index is 1570. The Morgan fingerprint density at radius 3 is 2.06 bits per heavy atom. The summed E-state index contributed by atoms with van der Waals surface area (Å²) < 4.78 is 12.9. The Morgan fingerprint density at radius 2 is 1.38 bits per heavy atom. The molecular weight excluding hydrogens is 611 g/mol. The number of carbonyl (C=O) groups is 2. The SMILES string of the molecule is Nc1ccccc1NC(=O)CCCCCCC(=O)Nc1ccc([C@@H]2O[C@H](CSc3ccccc3)C[C@H](c3ccc(CO)cc3)O2)cc1. The van der Waals surface area contributed by atoms with Crippen molar-refractivity contribution >= 4 is 40.6 Å². The third kappa shape index (κ3) is 10.7. The predicted octanol–water partition coefficient (Wildman–Crippen LogP) is 8.02. The van der Waals surface area contributed by atoms with Crippen LogP contribution in [0, 0.1) is 0 Å². The van der Waals surface area contributed by atoms with Crippen LogP contribution in [0.4, 0.5) is 17.1 Å². The zero-order chi connectivity index (χ0) is 32.8. The van der Waals surface area contributed by atoms with Crippen molar-refractivity contribution in [2.45, 2.75) is 74.9 Å². The number of para-hydroxylation sites is 2. The molecule has 0 aliphatic carbocycles. The Balaban J connectivity index is 1.08. The van der Waals surface area contributed by atoms with Crippen molar-refractivity contribution in [2.75, 3.05) is 22.1 Å². The molecule has 9 heteroatoms. The zero-order valence-corrected chi connectivity index (χ0v) is 27.3. The molecule has 1 fully saturated rings. The molecule has 0 aromatic heterocycles. The number of nitrogens with one attached hydrogen (secondary N) is 2. The van der Waals surface area contributed by atoms with Gasteiger partial charge in [-0.3, -0.25) is 9.59 Å². The molecule has 2 amide bonds. The molecule has 3 atom stereocenters. The molecule has 47 heavy (non-hydrogen) atoms. The Labute approximate surface area is 281 Å². The lowest BCUT2D eigenvalue weighted by Gasteiger charge is -2.36. The van der Waals surface area contributed by atoms with Crippen LogP contribution >= 0.6 is 11.8 Å². The first-order valence-electron chi connectivity index (χ1n) is 16.2. The number of aliphatic hydroxyl groups excluding tert-OH is 1. The van der Waals surface area contributed by atoms with Crippen LogP contribution in [0.25, 0.3) is 0 Å². The molecule has 0 bridgehead atoms. The maximum absolute atomic E-state index is 12.6. The predicted molar refractivity (Wildman–Crippen MR) is 188 cm³/mol. The van der Waals surface area contributed by atoms with Crippen molar-refractivity contribution < 1.29 is 24.2 Å². The summed E-state index contributed by atoms with van der Waals surface area (Å²) in [5.74, 6) is 0.700. The Kier molecular flexibility index (Phi) is 12.9. The summed E-state index contributed by atoms with van der Waals surface area (Å²) >= 11 is 1.77. The second kappa shape index (κ2) is 17.7. The van der Waals surface area contributed by atoms with Crippen LogP contribution in [0.5, 0.6) is 0 Å². The third-order valence-corrected chi connectivity index (χ3v) is 9.20. The van der Waals surface area contributed by atoms with Crippen LogP contribution < -0.4 is 16.4 Å². The second-order valence-corrected chi connectivity index (χ2v) is 12.8. The minimum atomic E-state index is -0.551. The van der Waals surface area contributed by atoms with E-state index in [-0.39, 0.29) is 30.6 Å². The summed E-state index contributed by atoms with van der Waals surface area (Å²) in [6, 6.07) is 33.0. The highest BCUT2D eigenvalue weighted by atomic mass is 32.2. The Morgan fingerprint density at radius 1 is 0.745 bits per heavy atom. The van der Waals surface area contributed by atoms with Crippen LogP contribution in [0.1, 0.15) is 74.0 Å². The molecule has 0 unspecified atom stereocenters. The van der Waals surface area contributed by atoms with Gasteiger partial charge in [-0.15, -0.1) is 11.8 Å². The maximum Gasteiger partial charge on any atom is 0.224 e. The van der Waals surface area contributed by atoms with Gasteiger partial charge in [0.15, 0.2) is 6.29 Å². The lowest BCUT2D eigenvalue weighted by atomic mass is 10.0. The highest BCUT2D eigenvalue weighted by Crippen LogP contribution is 2.39. The molecule has 1 aliphatic heterocycles. The summed E-state index contributed by atoms with van der Waals surface area (Å²) in [5, 5.41) is 15.3. The largest absolute Gasteiger partial charge is 0.397 e. The van der Waals surface area contributed by atoms with Crippen molar-refractivity contribution in [1.82, 2.24) is 0 Å². The molecular formula is C38H43N3O5S. The van der Waals surface area contributed by atoms with Gasteiger partial charge in [0.2, 0.25) is 11.8 Å². The Hall–Kier alpha value is -4.15. The molecule has 1 heterocycles. The van der Waals surface area contributed by atoms with E-state index in [4.69, 9.17) is 15.2 Å². The second-order valence-electron chi connectivity index (χ2n) is 11.7. The average molecular weight is 654 g/mol. The van der Waals surface area contributed by atoms with Gasteiger partial charge < -0.3 is 30.9 Å². The third-order valence-electron chi connectivity index (χ3n) is 8.05. The van der Waals surface area contributed by atoms with Gasteiger partial charge in [-0.25, -0.2) is 0 Å². The number of amides is 2. The van der Waals surface area contributed by atoms with E-state index in [1.807, 2.05) is 78.9 Å². The fraction of sp³-hybridized carbons (Fsp3) is 0.316. The quantitative estimate of drug-likeness (QED) is 0.0582. The summed E-state index contributed by atoms with van der Waals surface area (Å²) in [5.41, 5.74) is 10.6. The molecule has 8 nitrogen and oxygen atoms in total. The lowest BCUT2D eigenvalue weighted by molar-refractivity contribution is -0.245. The van der Waals surface area contributed by atoms with Crippen LogP contribution in [-0.2, 0) is 25.7 Å². The van der Waals surface area contributed by atoms with E-state index in [0.29, 0.717) is 24.2 Å². The monoisotopic (exact) mass is 653 g/mol. The summed E-state index contributed by atoms with van der Waals surface area (Å²) in [6.45, 7) is 0.00295. The van der Waals surface area contributed by atoms with Gasteiger partial charge in [0.1, 0.15) is 0 Å². The van der Waals surface area contributed by atoms with Crippen molar-refractivity contribution in [3.05, 3.63) is 120 Å². The minimum Gasteiger partial charge on any atom is -0.397 e. The van der Waals surface area contributed by atoms with Gasteiger partial charge in [0, 0.05) is 41.2 Å². The number of hydrogen-bond acceptors (Lipinski definition) is 7. The fourth-order valence-corrected chi connectivity index (χ4v) is 6.37. The topological polar surface area (TPSA) is 123 Å². The van der Waals surface area contributed by atoms with E-state index < -0.39 is 6.29 Å². The number of nitrogen functional groups attached to an aromatic ring is 1. The van der Waals surface area contributed by atoms with Crippen molar-refractivity contribution in [3.8, 4) is 0 Å². The summed E-state index contributed by atoms with van der Waals surface area (Å²) in [6.07, 6.45) is 4.08. The van der Waals surface area contributed by atoms with Crippen molar-refractivity contribution in [2.24, 2.45) is 0 Å². The van der Waals surface area contributed by atoms with Crippen LogP contribution in [0.3, 0.4) is 0 Å². The highest BCUT2D eigenvalue weighted by molar-refractivity contribution is 7.99. The number of benzene rings is 4. The molecule has 246 valence electrons. The standard InChI is InChI=1S/C38H43N3O5S/c39-33-12-8-9-13-34(33)41-37(44)15-7-2-1-6-14-36(43)40-30-22-20-29(21-23-30)38-45-31(26-47-32-10-4-3-5-11-32)24-35(46-38)28-18-16-27(25-42)17-19-28/h3-5,8-13,16-23,31,35,38,42H,1-2,6-7,14-15,24-26,39H2,(H,40,43)(H,41,44)/t31-,35+,38+/m0/s1. The first kappa shape index (κ1) is 34.2. The number of anilines is 3. The van der Waals surface area contributed by atoms with Gasteiger partial charge in [-0.05, 0) is 60.4 Å². The zero-order valence-electron chi connectivity index (χ0n) is 26.5. The van der Waals surface area contributed by atoms with Gasteiger partial charge in [0.25, 0.3) is 0 Å². The number of rotatable bonds is 15. The molecule has 4 aromatic rings. The first-order valence-corrected chi connectivity index (χ1v) is 17.2. The number of aliphatic hydroxyl groups is 1. The maximum atomic E-state index is 12.6. The molecule has 1 aliphatic rings. The number of unbranched alkanes of at least 4 members (excludes halogenated alkanes) is 3.